The SMILES string of the molecule is C/C(=C\C=C1/CC2(c3ccccc31)c1ccccc1-c1cccc3cccc2c13)c1ccc2c3c4c(ccc13)C=CC(c1ccc(-c3ccccc3)cc1)C4=CC2. The molecule has 0 bridgehead atoms. The fourth-order valence-corrected chi connectivity index (χ4v) is 10.9. The van der Waals surface area contributed by atoms with E-state index < -0.39 is 0 Å². The zero-order valence-corrected chi connectivity index (χ0v) is 32.0. The second-order valence-corrected chi connectivity index (χ2v) is 16.3. The molecule has 2 atom stereocenters. The Kier molecular flexibility index (Phi) is 7.05. The van der Waals surface area contributed by atoms with Crippen molar-refractivity contribution in [2.45, 2.75) is 31.1 Å². The van der Waals surface area contributed by atoms with Crippen LogP contribution in [0.15, 0.2) is 188 Å². The second kappa shape index (κ2) is 12.4. The number of rotatable bonds is 4. The van der Waals surface area contributed by atoms with Crippen LogP contribution >= 0.6 is 0 Å². The Morgan fingerprint density at radius 2 is 1.30 bits per heavy atom. The van der Waals surface area contributed by atoms with Gasteiger partial charge < -0.3 is 0 Å². The van der Waals surface area contributed by atoms with Gasteiger partial charge in [-0.05, 0) is 130 Å². The first kappa shape index (κ1) is 32.5. The van der Waals surface area contributed by atoms with Crippen LogP contribution in [0.1, 0.15) is 69.3 Å². The van der Waals surface area contributed by atoms with Gasteiger partial charge in [0.1, 0.15) is 0 Å². The van der Waals surface area contributed by atoms with E-state index in [-0.39, 0.29) is 11.3 Å². The number of fused-ring (bicyclic) bond motifs is 6. The molecule has 0 amide bonds. The van der Waals surface area contributed by atoms with Crippen LogP contribution in [0.4, 0.5) is 0 Å². The predicted molar refractivity (Wildman–Crippen MR) is 241 cm³/mol. The van der Waals surface area contributed by atoms with Crippen molar-refractivity contribution in [1.82, 2.24) is 0 Å². The summed E-state index contributed by atoms with van der Waals surface area (Å²) in [5, 5.41) is 5.49. The predicted octanol–water partition coefficient (Wildman–Crippen LogP) is 14.6. The summed E-state index contributed by atoms with van der Waals surface area (Å²) in [7, 11) is 0. The molecule has 0 heteroatoms. The summed E-state index contributed by atoms with van der Waals surface area (Å²) in [6.45, 7) is 2.30. The highest BCUT2D eigenvalue weighted by atomic mass is 14.5. The molecule has 0 fully saturated rings. The molecule has 57 heavy (non-hydrogen) atoms. The first-order valence-corrected chi connectivity index (χ1v) is 20.4. The minimum Gasteiger partial charge on any atom is -0.0753 e. The van der Waals surface area contributed by atoms with Crippen molar-refractivity contribution in [3.05, 3.63) is 238 Å². The van der Waals surface area contributed by atoms with E-state index in [9.17, 15) is 0 Å². The van der Waals surface area contributed by atoms with Crippen LogP contribution < -0.4 is 0 Å². The molecule has 4 aliphatic carbocycles. The van der Waals surface area contributed by atoms with E-state index in [0.717, 1.165) is 12.8 Å². The summed E-state index contributed by atoms with van der Waals surface area (Å²) in [6, 6.07) is 61.4. The van der Waals surface area contributed by atoms with E-state index in [0.29, 0.717) is 0 Å². The Hall–Kier alpha value is -6.76. The van der Waals surface area contributed by atoms with Gasteiger partial charge in [0, 0.05) is 5.92 Å². The van der Waals surface area contributed by atoms with Crippen LogP contribution in [0, 0.1) is 0 Å². The van der Waals surface area contributed by atoms with Crippen molar-refractivity contribution in [3.8, 4) is 22.3 Å². The van der Waals surface area contributed by atoms with Crippen molar-refractivity contribution in [2.75, 3.05) is 0 Å². The molecule has 1 spiro atoms. The van der Waals surface area contributed by atoms with Crippen LogP contribution in [-0.2, 0) is 11.8 Å². The minimum absolute atomic E-state index is 0.239. The van der Waals surface area contributed by atoms with Gasteiger partial charge in [0.25, 0.3) is 0 Å². The van der Waals surface area contributed by atoms with Gasteiger partial charge in [-0.1, -0.05) is 194 Å². The highest BCUT2D eigenvalue weighted by Gasteiger charge is 2.48. The third-order valence-corrected chi connectivity index (χ3v) is 13.5. The summed E-state index contributed by atoms with van der Waals surface area (Å²) >= 11 is 0. The third-order valence-electron chi connectivity index (χ3n) is 13.5. The lowest BCUT2D eigenvalue weighted by Crippen LogP contribution is -2.29. The second-order valence-electron chi connectivity index (χ2n) is 16.3. The van der Waals surface area contributed by atoms with Crippen LogP contribution in [0.25, 0.3) is 66.6 Å². The Balaban J connectivity index is 0.947. The highest BCUT2D eigenvalue weighted by Crippen LogP contribution is 2.60. The number of allylic oxidation sites excluding steroid dienone is 7. The quantitative estimate of drug-likeness (QED) is 0.170. The lowest BCUT2D eigenvalue weighted by atomic mass is 9.63. The molecular weight excluding hydrogens is 685 g/mol. The van der Waals surface area contributed by atoms with Crippen LogP contribution in [0.2, 0.25) is 0 Å². The Bertz CT molecular complexity index is 3110. The van der Waals surface area contributed by atoms with Gasteiger partial charge in [-0.25, -0.2) is 0 Å². The standard InChI is InChI=1S/C57H40/c1-36(21-22-43-35-57(51-18-7-5-15-46(43)51)52-19-8-6-16-47(52)48-17-9-13-40-14-10-20-53(57)54(40)48)44-31-27-41-30-34-50-45(32-28-42-29-33-49(44)55(41)56(42)50)39-25-23-38(24-26-39)37-11-3-2-4-12-37/h2-29,31-34,45H,30,35H2,1H3/b36-21+,43-22+. The Morgan fingerprint density at radius 1 is 0.596 bits per heavy atom. The number of hydrogen-bond donors (Lipinski definition) is 0. The maximum Gasteiger partial charge on any atom is 0.0510 e. The van der Waals surface area contributed by atoms with Gasteiger partial charge in [-0.15, -0.1) is 0 Å². The third kappa shape index (κ3) is 4.68. The van der Waals surface area contributed by atoms with E-state index >= 15 is 0 Å². The first-order chi connectivity index (χ1) is 28.2. The number of benzene rings is 8. The molecule has 0 aliphatic heterocycles. The summed E-state index contributed by atoms with van der Waals surface area (Å²) in [4.78, 5) is 0. The maximum absolute atomic E-state index is 2.49. The van der Waals surface area contributed by atoms with Gasteiger partial charge in [0.2, 0.25) is 0 Å². The van der Waals surface area contributed by atoms with Crippen molar-refractivity contribution in [2.24, 2.45) is 0 Å². The van der Waals surface area contributed by atoms with Gasteiger partial charge in [-0.3, -0.25) is 0 Å². The topological polar surface area (TPSA) is 0 Å². The molecule has 0 N–H and O–H groups in total. The van der Waals surface area contributed by atoms with Gasteiger partial charge in [0.05, 0.1) is 5.41 Å². The Morgan fingerprint density at radius 3 is 2.14 bits per heavy atom. The average Bonchev–Trinajstić information content (AvgIpc) is 3.61. The van der Waals surface area contributed by atoms with Gasteiger partial charge in [0.15, 0.2) is 0 Å². The molecule has 0 radical (unpaired) electrons. The fourth-order valence-electron chi connectivity index (χ4n) is 10.9. The lowest BCUT2D eigenvalue weighted by molar-refractivity contribution is 0.666. The summed E-state index contributed by atoms with van der Waals surface area (Å²) in [5.41, 5.74) is 21.5. The molecule has 0 heterocycles. The average molecular weight is 725 g/mol. The zero-order chi connectivity index (χ0) is 37.7. The summed E-state index contributed by atoms with van der Waals surface area (Å²) in [6.07, 6.45) is 14.0. The molecule has 2 unspecified atom stereocenters. The van der Waals surface area contributed by atoms with Crippen LogP contribution in [-0.4, -0.2) is 0 Å². The summed E-state index contributed by atoms with van der Waals surface area (Å²) < 4.78 is 0. The van der Waals surface area contributed by atoms with Gasteiger partial charge >= 0.3 is 0 Å². The molecule has 268 valence electrons. The zero-order valence-electron chi connectivity index (χ0n) is 32.0. The Labute approximate surface area is 334 Å². The number of hydrogen-bond acceptors (Lipinski definition) is 0. The van der Waals surface area contributed by atoms with Crippen molar-refractivity contribution < 1.29 is 0 Å². The smallest absolute Gasteiger partial charge is 0.0510 e. The minimum atomic E-state index is -0.242. The summed E-state index contributed by atoms with van der Waals surface area (Å²) in [5.74, 6) is 0.239. The molecular formula is C57H40. The van der Waals surface area contributed by atoms with Crippen molar-refractivity contribution in [3.63, 3.8) is 0 Å². The van der Waals surface area contributed by atoms with E-state index in [4.69, 9.17) is 0 Å². The molecule has 0 nitrogen and oxygen atoms in total. The fraction of sp³-hybridized carbons (Fsp3) is 0.0877. The molecule has 4 aliphatic rings. The van der Waals surface area contributed by atoms with Crippen molar-refractivity contribution >= 4 is 44.3 Å². The maximum atomic E-state index is 2.49. The molecule has 8 aromatic rings. The van der Waals surface area contributed by atoms with E-state index in [1.54, 1.807) is 0 Å². The molecule has 0 saturated carbocycles. The van der Waals surface area contributed by atoms with Crippen LogP contribution in [0.3, 0.4) is 0 Å². The van der Waals surface area contributed by atoms with Crippen LogP contribution in [0.5, 0.6) is 0 Å². The monoisotopic (exact) mass is 724 g/mol. The van der Waals surface area contributed by atoms with E-state index in [1.165, 1.54) is 111 Å². The van der Waals surface area contributed by atoms with Crippen molar-refractivity contribution in [1.29, 1.82) is 0 Å². The van der Waals surface area contributed by atoms with E-state index in [1.807, 2.05) is 0 Å². The largest absolute Gasteiger partial charge is 0.0753 e. The van der Waals surface area contributed by atoms with Gasteiger partial charge in [-0.2, -0.15) is 0 Å². The van der Waals surface area contributed by atoms with E-state index in [2.05, 4.69) is 201 Å². The molecule has 12 rings (SSSR count). The lowest BCUT2D eigenvalue weighted by Gasteiger charge is -2.38. The first-order valence-electron chi connectivity index (χ1n) is 20.4. The molecule has 0 saturated heterocycles. The molecule has 8 aromatic carbocycles. The normalized spacial score (nSPS) is 19.2. The molecule has 0 aromatic heterocycles. The highest BCUT2D eigenvalue weighted by molar-refractivity contribution is 6.08.